The van der Waals surface area contributed by atoms with Crippen LogP contribution in [0.25, 0.3) is 0 Å². The van der Waals surface area contributed by atoms with E-state index >= 15 is 0 Å². The van der Waals surface area contributed by atoms with Crippen LogP contribution in [0.1, 0.15) is 6.42 Å². The van der Waals surface area contributed by atoms with E-state index in [2.05, 4.69) is 10.6 Å². The van der Waals surface area contributed by atoms with Gasteiger partial charge in [-0.25, -0.2) is 13.2 Å². The minimum absolute atomic E-state index is 0.0305. The molecule has 128 valence electrons. The highest BCUT2D eigenvalue weighted by Crippen LogP contribution is 2.17. The quantitative estimate of drug-likeness (QED) is 0.655. The van der Waals surface area contributed by atoms with Crippen molar-refractivity contribution in [3.05, 3.63) is 30.3 Å². The van der Waals surface area contributed by atoms with Crippen LogP contribution in [-0.2, 0) is 9.84 Å². The summed E-state index contributed by atoms with van der Waals surface area (Å²) >= 11 is 0. The number of para-hydroxylation sites is 1. The third-order valence-electron chi connectivity index (χ3n) is 3.56. The Morgan fingerprint density at radius 3 is 2.70 bits per heavy atom. The molecule has 0 radical (unpaired) electrons. The van der Waals surface area contributed by atoms with Gasteiger partial charge in [0, 0.05) is 13.1 Å². The molecule has 0 spiro atoms. The Labute approximate surface area is 136 Å². The lowest BCUT2D eigenvalue weighted by molar-refractivity contribution is 0.108. The van der Waals surface area contributed by atoms with Gasteiger partial charge in [0.1, 0.15) is 18.5 Å². The minimum Gasteiger partial charge on any atom is -0.491 e. The molecular formula is C15H22N2O5S. The Hall–Kier alpha value is -1.80. The standard InChI is InChI=1S/C15H22N2O5S/c18-13(10-22-14-4-2-1-3-5-14)9-17-15(19)16-8-12-6-7-23(20,21)11-12/h1-5,12-13,18H,6-11H2,(H2,16,17,19)/t12-,13+/m0/s1. The fourth-order valence-electron chi connectivity index (χ4n) is 2.31. The van der Waals surface area contributed by atoms with Crippen molar-refractivity contribution in [2.45, 2.75) is 12.5 Å². The molecule has 3 N–H and O–H groups in total. The number of nitrogens with one attached hydrogen (secondary N) is 2. The topological polar surface area (TPSA) is 105 Å². The number of urea groups is 1. The van der Waals surface area contributed by atoms with Gasteiger partial charge in [-0.2, -0.15) is 0 Å². The molecule has 0 saturated carbocycles. The predicted molar refractivity (Wildman–Crippen MR) is 86.1 cm³/mol. The van der Waals surface area contributed by atoms with E-state index in [1.165, 1.54) is 0 Å². The maximum Gasteiger partial charge on any atom is 0.314 e. The summed E-state index contributed by atoms with van der Waals surface area (Å²) in [5, 5.41) is 14.9. The van der Waals surface area contributed by atoms with Gasteiger partial charge in [0.2, 0.25) is 0 Å². The maximum absolute atomic E-state index is 11.6. The highest BCUT2D eigenvalue weighted by atomic mass is 32.2. The Morgan fingerprint density at radius 2 is 2.04 bits per heavy atom. The van der Waals surface area contributed by atoms with Crippen molar-refractivity contribution >= 4 is 15.9 Å². The highest BCUT2D eigenvalue weighted by Gasteiger charge is 2.27. The molecule has 1 saturated heterocycles. The second-order valence-electron chi connectivity index (χ2n) is 5.64. The third-order valence-corrected chi connectivity index (χ3v) is 5.40. The molecule has 1 aliphatic rings. The molecule has 2 amide bonds. The lowest BCUT2D eigenvalue weighted by Crippen LogP contribution is -2.42. The van der Waals surface area contributed by atoms with Crippen LogP contribution in [0.15, 0.2) is 30.3 Å². The third kappa shape index (κ3) is 6.45. The fourth-order valence-corrected chi connectivity index (χ4v) is 4.17. The second-order valence-corrected chi connectivity index (χ2v) is 7.87. The van der Waals surface area contributed by atoms with Crippen molar-refractivity contribution in [1.82, 2.24) is 10.6 Å². The van der Waals surface area contributed by atoms with E-state index in [0.717, 1.165) is 0 Å². The van der Waals surface area contributed by atoms with Crippen LogP contribution in [-0.4, -0.2) is 56.9 Å². The van der Waals surface area contributed by atoms with Gasteiger partial charge in [-0.05, 0) is 24.5 Å². The van der Waals surface area contributed by atoms with Crippen LogP contribution in [0.3, 0.4) is 0 Å². The molecular weight excluding hydrogens is 320 g/mol. The van der Waals surface area contributed by atoms with Crippen molar-refractivity contribution in [1.29, 1.82) is 0 Å². The Balaban J connectivity index is 1.58. The zero-order chi connectivity index (χ0) is 16.7. The van der Waals surface area contributed by atoms with Gasteiger partial charge in [0.25, 0.3) is 0 Å². The Morgan fingerprint density at radius 1 is 1.30 bits per heavy atom. The normalized spacial score (nSPS) is 20.7. The smallest absolute Gasteiger partial charge is 0.314 e. The van der Waals surface area contributed by atoms with Gasteiger partial charge < -0.3 is 20.5 Å². The summed E-state index contributed by atoms with van der Waals surface area (Å²) in [7, 11) is -2.93. The van der Waals surface area contributed by atoms with Crippen molar-refractivity contribution in [2.24, 2.45) is 5.92 Å². The monoisotopic (exact) mass is 342 g/mol. The van der Waals surface area contributed by atoms with Crippen LogP contribution in [0.5, 0.6) is 5.75 Å². The van der Waals surface area contributed by atoms with Crippen LogP contribution in [0.2, 0.25) is 0 Å². The first kappa shape index (κ1) is 17.6. The molecule has 0 aromatic heterocycles. The molecule has 2 rings (SSSR count). The largest absolute Gasteiger partial charge is 0.491 e. The van der Waals surface area contributed by atoms with Crippen molar-refractivity contribution in [3.8, 4) is 5.75 Å². The first-order valence-electron chi connectivity index (χ1n) is 7.52. The van der Waals surface area contributed by atoms with Gasteiger partial charge in [-0.3, -0.25) is 0 Å². The Bertz CT molecular complexity index is 606. The van der Waals surface area contributed by atoms with E-state index in [1.54, 1.807) is 12.1 Å². The maximum atomic E-state index is 11.6. The summed E-state index contributed by atoms with van der Waals surface area (Å²) in [5.74, 6) is 0.938. The molecule has 7 nitrogen and oxygen atoms in total. The van der Waals surface area contributed by atoms with Gasteiger partial charge >= 0.3 is 6.03 Å². The summed E-state index contributed by atoms with van der Waals surface area (Å²) in [6.45, 7) is 0.453. The number of amides is 2. The van der Waals surface area contributed by atoms with Gasteiger partial charge in [-0.1, -0.05) is 18.2 Å². The number of carbonyl (C=O) groups excluding carboxylic acids is 1. The van der Waals surface area contributed by atoms with Crippen LogP contribution >= 0.6 is 0 Å². The van der Waals surface area contributed by atoms with E-state index < -0.39 is 22.0 Å². The van der Waals surface area contributed by atoms with E-state index in [9.17, 15) is 18.3 Å². The molecule has 1 fully saturated rings. The number of sulfone groups is 1. The number of rotatable bonds is 7. The van der Waals surface area contributed by atoms with Crippen LogP contribution in [0.4, 0.5) is 4.79 Å². The number of ether oxygens (including phenoxy) is 1. The van der Waals surface area contributed by atoms with Gasteiger partial charge in [0.05, 0.1) is 11.5 Å². The summed E-state index contributed by atoms with van der Waals surface area (Å²) < 4.78 is 28.0. The fraction of sp³-hybridized carbons (Fsp3) is 0.533. The molecule has 2 atom stereocenters. The molecule has 1 aromatic rings. The first-order chi connectivity index (χ1) is 10.9. The van der Waals surface area contributed by atoms with Crippen molar-refractivity contribution < 1.29 is 23.1 Å². The average molecular weight is 342 g/mol. The number of carbonyl (C=O) groups is 1. The van der Waals surface area contributed by atoms with Gasteiger partial charge in [-0.15, -0.1) is 0 Å². The lowest BCUT2D eigenvalue weighted by Gasteiger charge is -2.14. The number of aliphatic hydroxyl groups is 1. The Kier molecular flexibility index (Phi) is 6.23. The molecule has 0 aliphatic carbocycles. The van der Waals surface area contributed by atoms with Crippen molar-refractivity contribution in [3.63, 3.8) is 0 Å². The second kappa shape index (κ2) is 8.16. The summed E-state index contributed by atoms with van der Waals surface area (Å²) in [5.41, 5.74) is 0. The lowest BCUT2D eigenvalue weighted by atomic mass is 10.1. The SMILES string of the molecule is O=C(NC[C@@H](O)COc1ccccc1)NC[C@@H]1CCS(=O)(=O)C1. The molecule has 8 heteroatoms. The number of benzene rings is 1. The molecule has 0 unspecified atom stereocenters. The molecule has 1 heterocycles. The number of hydrogen-bond acceptors (Lipinski definition) is 5. The molecule has 23 heavy (non-hydrogen) atoms. The van der Waals surface area contributed by atoms with Gasteiger partial charge in [0.15, 0.2) is 9.84 Å². The van der Waals surface area contributed by atoms with E-state index in [4.69, 9.17) is 4.74 Å². The van der Waals surface area contributed by atoms with E-state index in [1.807, 2.05) is 18.2 Å². The molecule has 1 aromatic carbocycles. The molecule has 0 bridgehead atoms. The van der Waals surface area contributed by atoms with E-state index in [0.29, 0.717) is 18.7 Å². The number of aliphatic hydroxyl groups excluding tert-OH is 1. The summed E-state index contributed by atoms with van der Waals surface area (Å²) in [6.07, 6.45) is -0.247. The average Bonchev–Trinajstić information content (AvgIpc) is 2.89. The molecule has 1 aliphatic heterocycles. The number of hydrogen-bond donors (Lipinski definition) is 3. The van der Waals surface area contributed by atoms with Crippen LogP contribution < -0.4 is 15.4 Å². The van der Waals surface area contributed by atoms with E-state index in [-0.39, 0.29) is 30.6 Å². The van der Waals surface area contributed by atoms with Crippen molar-refractivity contribution in [2.75, 3.05) is 31.2 Å². The first-order valence-corrected chi connectivity index (χ1v) is 9.35. The zero-order valence-electron chi connectivity index (χ0n) is 12.8. The van der Waals surface area contributed by atoms with Crippen LogP contribution in [0, 0.1) is 5.92 Å². The highest BCUT2D eigenvalue weighted by molar-refractivity contribution is 7.91. The zero-order valence-corrected chi connectivity index (χ0v) is 13.6. The summed E-state index contributed by atoms with van der Waals surface area (Å²) in [4.78, 5) is 11.6. The predicted octanol–water partition coefficient (Wildman–Crippen LogP) is 0.160. The minimum atomic E-state index is -2.93. The summed E-state index contributed by atoms with van der Waals surface area (Å²) in [6, 6.07) is 8.66.